The molecule has 1 fully saturated rings. The van der Waals surface area contributed by atoms with Gasteiger partial charge in [0.15, 0.2) is 0 Å². The SMILES string of the molecule is COCC(=O)N1CCO[C@@H](C)C1. The van der Waals surface area contributed by atoms with Crippen LogP contribution in [0.5, 0.6) is 0 Å². The number of amides is 1. The van der Waals surface area contributed by atoms with Gasteiger partial charge in [-0.15, -0.1) is 0 Å². The van der Waals surface area contributed by atoms with Crippen LogP contribution in [0.4, 0.5) is 0 Å². The van der Waals surface area contributed by atoms with E-state index in [-0.39, 0.29) is 18.6 Å². The number of rotatable bonds is 2. The molecule has 0 aliphatic carbocycles. The van der Waals surface area contributed by atoms with Gasteiger partial charge in [0.2, 0.25) is 5.91 Å². The summed E-state index contributed by atoms with van der Waals surface area (Å²) in [4.78, 5) is 13.1. The molecule has 70 valence electrons. The van der Waals surface area contributed by atoms with Crippen LogP contribution in [-0.2, 0) is 14.3 Å². The molecule has 0 aromatic carbocycles. The van der Waals surface area contributed by atoms with Crippen molar-refractivity contribution in [2.75, 3.05) is 33.4 Å². The molecule has 0 aromatic rings. The second kappa shape index (κ2) is 4.42. The number of methoxy groups -OCH3 is 1. The predicted octanol–water partition coefficient (Wildman–Crippen LogP) is -0.120. The molecule has 0 bridgehead atoms. The van der Waals surface area contributed by atoms with Crippen molar-refractivity contribution < 1.29 is 14.3 Å². The molecule has 1 heterocycles. The van der Waals surface area contributed by atoms with Crippen LogP contribution in [0.3, 0.4) is 0 Å². The van der Waals surface area contributed by atoms with Crippen LogP contribution in [0.2, 0.25) is 0 Å². The van der Waals surface area contributed by atoms with Crippen molar-refractivity contribution in [2.45, 2.75) is 13.0 Å². The molecule has 0 spiro atoms. The molecule has 1 aliphatic rings. The Hall–Kier alpha value is -0.610. The maximum atomic E-state index is 11.3. The van der Waals surface area contributed by atoms with E-state index in [1.54, 1.807) is 4.90 Å². The minimum Gasteiger partial charge on any atom is -0.375 e. The van der Waals surface area contributed by atoms with Gasteiger partial charge in [0.25, 0.3) is 0 Å². The van der Waals surface area contributed by atoms with E-state index in [0.717, 1.165) is 0 Å². The number of hydrogen-bond acceptors (Lipinski definition) is 3. The maximum absolute atomic E-state index is 11.3. The fourth-order valence-corrected chi connectivity index (χ4v) is 1.26. The molecule has 1 aliphatic heterocycles. The van der Waals surface area contributed by atoms with E-state index < -0.39 is 0 Å². The first-order chi connectivity index (χ1) is 5.74. The molecule has 0 N–H and O–H groups in total. The minimum atomic E-state index is 0.0488. The zero-order valence-electron chi connectivity index (χ0n) is 7.58. The quantitative estimate of drug-likeness (QED) is 0.584. The van der Waals surface area contributed by atoms with E-state index in [0.29, 0.717) is 19.7 Å². The Labute approximate surface area is 72.4 Å². The Balaban J connectivity index is 2.35. The maximum Gasteiger partial charge on any atom is 0.248 e. The smallest absolute Gasteiger partial charge is 0.248 e. The van der Waals surface area contributed by atoms with Crippen LogP contribution < -0.4 is 0 Å². The lowest BCUT2D eigenvalue weighted by Crippen LogP contribution is -2.45. The molecular formula is C8H15NO3. The lowest BCUT2D eigenvalue weighted by Gasteiger charge is -2.30. The summed E-state index contributed by atoms with van der Waals surface area (Å²) < 4.78 is 10.1. The molecule has 0 saturated carbocycles. The summed E-state index contributed by atoms with van der Waals surface area (Å²) in [5.41, 5.74) is 0. The van der Waals surface area contributed by atoms with Crippen molar-refractivity contribution in [3.63, 3.8) is 0 Å². The molecule has 0 radical (unpaired) electrons. The minimum absolute atomic E-state index is 0.0488. The number of ether oxygens (including phenoxy) is 2. The van der Waals surface area contributed by atoms with Crippen LogP contribution >= 0.6 is 0 Å². The van der Waals surface area contributed by atoms with Crippen molar-refractivity contribution in [3.05, 3.63) is 0 Å². The Morgan fingerprint density at radius 1 is 1.75 bits per heavy atom. The van der Waals surface area contributed by atoms with Gasteiger partial charge in [0.05, 0.1) is 12.7 Å². The van der Waals surface area contributed by atoms with Crippen molar-refractivity contribution in [1.29, 1.82) is 0 Å². The van der Waals surface area contributed by atoms with Crippen LogP contribution in [0, 0.1) is 0 Å². The number of carbonyl (C=O) groups is 1. The van der Waals surface area contributed by atoms with Crippen LogP contribution in [0.1, 0.15) is 6.92 Å². The summed E-state index contributed by atoms with van der Waals surface area (Å²) in [5, 5.41) is 0. The third-order valence-electron chi connectivity index (χ3n) is 1.86. The monoisotopic (exact) mass is 173 g/mol. The first kappa shape index (κ1) is 9.48. The van der Waals surface area contributed by atoms with Crippen LogP contribution in [0.15, 0.2) is 0 Å². The lowest BCUT2D eigenvalue weighted by molar-refractivity contribution is -0.142. The molecular weight excluding hydrogens is 158 g/mol. The molecule has 0 unspecified atom stereocenters. The Morgan fingerprint density at radius 2 is 2.50 bits per heavy atom. The highest BCUT2D eigenvalue weighted by atomic mass is 16.5. The standard InChI is InChI=1S/C8H15NO3/c1-7-5-9(3-4-12-7)8(10)6-11-2/h7H,3-6H2,1-2H3/t7-/m0/s1. The summed E-state index contributed by atoms with van der Waals surface area (Å²) in [5.74, 6) is 0.0488. The second-order valence-corrected chi connectivity index (χ2v) is 2.95. The summed E-state index contributed by atoms with van der Waals surface area (Å²) in [6.45, 7) is 4.14. The van der Waals surface area contributed by atoms with Gasteiger partial charge >= 0.3 is 0 Å². The summed E-state index contributed by atoms with van der Waals surface area (Å²) in [6.07, 6.45) is 0.152. The van der Waals surface area contributed by atoms with Crippen molar-refractivity contribution in [1.82, 2.24) is 4.90 Å². The van der Waals surface area contributed by atoms with Crippen molar-refractivity contribution in [2.24, 2.45) is 0 Å². The fraction of sp³-hybridized carbons (Fsp3) is 0.875. The third kappa shape index (κ3) is 2.46. The summed E-state index contributed by atoms with van der Waals surface area (Å²) in [7, 11) is 1.53. The molecule has 0 aromatic heterocycles. The number of carbonyl (C=O) groups excluding carboxylic acids is 1. The normalized spacial score (nSPS) is 24.2. The van der Waals surface area contributed by atoms with Gasteiger partial charge in [0, 0.05) is 20.2 Å². The van der Waals surface area contributed by atoms with E-state index in [2.05, 4.69) is 0 Å². The predicted molar refractivity (Wildman–Crippen MR) is 43.9 cm³/mol. The van der Waals surface area contributed by atoms with Gasteiger partial charge in [-0.25, -0.2) is 0 Å². The first-order valence-corrected chi connectivity index (χ1v) is 4.12. The van der Waals surface area contributed by atoms with Crippen LogP contribution in [-0.4, -0.2) is 50.3 Å². The lowest BCUT2D eigenvalue weighted by atomic mass is 10.3. The highest BCUT2D eigenvalue weighted by Gasteiger charge is 2.20. The van der Waals surface area contributed by atoms with Gasteiger partial charge in [-0.1, -0.05) is 0 Å². The van der Waals surface area contributed by atoms with E-state index in [4.69, 9.17) is 9.47 Å². The van der Waals surface area contributed by atoms with E-state index in [1.807, 2.05) is 6.92 Å². The number of nitrogens with zero attached hydrogens (tertiary/aromatic N) is 1. The van der Waals surface area contributed by atoms with Gasteiger partial charge in [-0.2, -0.15) is 0 Å². The Bertz CT molecular complexity index is 160. The zero-order chi connectivity index (χ0) is 8.97. The molecule has 1 amide bonds. The highest BCUT2D eigenvalue weighted by Crippen LogP contribution is 2.04. The zero-order valence-corrected chi connectivity index (χ0v) is 7.58. The largest absolute Gasteiger partial charge is 0.375 e. The van der Waals surface area contributed by atoms with E-state index in [1.165, 1.54) is 7.11 Å². The van der Waals surface area contributed by atoms with E-state index in [9.17, 15) is 4.79 Å². The average Bonchev–Trinajstić information content (AvgIpc) is 2.05. The molecule has 1 atom stereocenters. The topological polar surface area (TPSA) is 38.8 Å². The number of morpholine rings is 1. The summed E-state index contributed by atoms with van der Waals surface area (Å²) >= 11 is 0. The Morgan fingerprint density at radius 3 is 3.08 bits per heavy atom. The second-order valence-electron chi connectivity index (χ2n) is 2.95. The fourth-order valence-electron chi connectivity index (χ4n) is 1.26. The van der Waals surface area contributed by atoms with Crippen molar-refractivity contribution in [3.8, 4) is 0 Å². The molecule has 1 saturated heterocycles. The van der Waals surface area contributed by atoms with Gasteiger partial charge in [-0.3, -0.25) is 4.79 Å². The van der Waals surface area contributed by atoms with Gasteiger partial charge in [0.1, 0.15) is 6.61 Å². The summed E-state index contributed by atoms with van der Waals surface area (Å²) in [6, 6.07) is 0. The molecule has 4 heteroatoms. The van der Waals surface area contributed by atoms with E-state index >= 15 is 0 Å². The average molecular weight is 173 g/mol. The van der Waals surface area contributed by atoms with Crippen LogP contribution in [0.25, 0.3) is 0 Å². The molecule has 1 rings (SSSR count). The first-order valence-electron chi connectivity index (χ1n) is 4.12. The van der Waals surface area contributed by atoms with Gasteiger partial charge in [-0.05, 0) is 6.92 Å². The molecule has 4 nitrogen and oxygen atoms in total. The highest BCUT2D eigenvalue weighted by molar-refractivity contribution is 5.77. The van der Waals surface area contributed by atoms with Crippen molar-refractivity contribution >= 4 is 5.91 Å². The third-order valence-corrected chi connectivity index (χ3v) is 1.86. The number of hydrogen-bond donors (Lipinski definition) is 0. The van der Waals surface area contributed by atoms with Gasteiger partial charge < -0.3 is 14.4 Å². The molecule has 12 heavy (non-hydrogen) atoms. The Kier molecular flexibility index (Phi) is 3.49.